The van der Waals surface area contributed by atoms with Gasteiger partial charge in [-0.2, -0.15) is 0 Å². The molecule has 0 aliphatic carbocycles. The third kappa shape index (κ3) is 1.18. The molecule has 1 fully saturated rings. The van der Waals surface area contributed by atoms with Gasteiger partial charge in [0.25, 0.3) is 0 Å². The summed E-state index contributed by atoms with van der Waals surface area (Å²) in [5.74, 6) is 0.966. The van der Waals surface area contributed by atoms with Gasteiger partial charge in [0.2, 0.25) is 5.91 Å². The first-order valence-electron chi connectivity index (χ1n) is 4.09. The van der Waals surface area contributed by atoms with Gasteiger partial charge in [-0.15, -0.1) is 0 Å². The highest BCUT2D eigenvalue weighted by Crippen LogP contribution is 2.17. The molecular weight excluding hydrogens is 152 g/mol. The molecule has 0 saturated carbocycles. The zero-order chi connectivity index (χ0) is 8.39. The van der Waals surface area contributed by atoms with Gasteiger partial charge in [0, 0.05) is 19.2 Å². The summed E-state index contributed by atoms with van der Waals surface area (Å²) in [6.45, 7) is 0.815. The topological polar surface area (TPSA) is 33.2 Å². The van der Waals surface area contributed by atoms with Crippen molar-refractivity contribution in [1.82, 2.24) is 4.98 Å². The molecule has 0 N–H and O–H groups in total. The van der Waals surface area contributed by atoms with Crippen molar-refractivity contribution in [3.05, 3.63) is 24.4 Å². The Bertz CT molecular complexity index is 284. The SMILES string of the molecule is O=C1CCCN1c1ccccn1. The number of hydrogen-bond donors (Lipinski definition) is 0. The summed E-state index contributed by atoms with van der Waals surface area (Å²) in [5.41, 5.74) is 0. The zero-order valence-electron chi connectivity index (χ0n) is 6.73. The van der Waals surface area contributed by atoms with E-state index in [1.807, 2.05) is 18.2 Å². The summed E-state index contributed by atoms with van der Waals surface area (Å²) in [6.07, 6.45) is 3.33. The minimum atomic E-state index is 0.189. The summed E-state index contributed by atoms with van der Waals surface area (Å²) >= 11 is 0. The number of carbonyl (C=O) groups excluding carboxylic acids is 1. The molecule has 1 aliphatic heterocycles. The average Bonchev–Trinajstić information content (AvgIpc) is 2.53. The van der Waals surface area contributed by atoms with E-state index in [1.165, 1.54) is 0 Å². The smallest absolute Gasteiger partial charge is 0.228 e. The van der Waals surface area contributed by atoms with Crippen molar-refractivity contribution in [3.8, 4) is 0 Å². The molecule has 1 saturated heterocycles. The first-order chi connectivity index (χ1) is 5.88. The monoisotopic (exact) mass is 162 g/mol. The van der Waals surface area contributed by atoms with E-state index in [2.05, 4.69) is 4.98 Å². The average molecular weight is 162 g/mol. The second kappa shape index (κ2) is 2.93. The number of nitrogens with zero attached hydrogens (tertiary/aromatic N) is 2. The van der Waals surface area contributed by atoms with Gasteiger partial charge in [0.1, 0.15) is 5.82 Å². The number of hydrogen-bond acceptors (Lipinski definition) is 2. The third-order valence-electron chi connectivity index (χ3n) is 2.00. The fourth-order valence-electron chi connectivity index (χ4n) is 1.40. The maximum atomic E-state index is 11.3. The van der Waals surface area contributed by atoms with Gasteiger partial charge in [-0.3, -0.25) is 9.69 Å². The van der Waals surface area contributed by atoms with Gasteiger partial charge < -0.3 is 0 Å². The van der Waals surface area contributed by atoms with Crippen LogP contribution in [0.25, 0.3) is 0 Å². The molecule has 12 heavy (non-hydrogen) atoms. The molecule has 3 nitrogen and oxygen atoms in total. The fourth-order valence-corrected chi connectivity index (χ4v) is 1.40. The number of carbonyl (C=O) groups is 1. The number of aromatic nitrogens is 1. The zero-order valence-corrected chi connectivity index (χ0v) is 6.73. The Morgan fingerprint density at radius 2 is 2.33 bits per heavy atom. The first-order valence-corrected chi connectivity index (χ1v) is 4.09. The molecule has 2 heterocycles. The highest BCUT2D eigenvalue weighted by Gasteiger charge is 2.21. The summed E-state index contributed by atoms with van der Waals surface area (Å²) in [7, 11) is 0. The maximum absolute atomic E-state index is 11.3. The molecular formula is C9H10N2O. The van der Waals surface area contributed by atoms with Crippen LogP contribution >= 0.6 is 0 Å². The van der Waals surface area contributed by atoms with Gasteiger partial charge >= 0.3 is 0 Å². The molecule has 1 aromatic heterocycles. The molecule has 0 bridgehead atoms. The lowest BCUT2D eigenvalue weighted by molar-refractivity contribution is -0.117. The molecule has 0 atom stereocenters. The Labute approximate surface area is 71.0 Å². The van der Waals surface area contributed by atoms with Crippen molar-refractivity contribution in [2.45, 2.75) is 12.8 Å². The van der Waals surface area contributed by atoms with Crippen molar-refractivity contribution in [2.75, 3.05) is 11.4 Å². The third-order valence-corrected chi connectivity index (χ3v) is 2.00. The van der Waals surface area contributed by atoms with Gasteiger partial charge in [-0.05, 0) is 18.6 Å². The molecule has 0 unspecified atom stereocenters. The van der Waals surface area contributed by atoms with Crippen molar-refractivity contribution < 1.29 is 4.79 Å². The fraction of sp³-hybridized carbons (Fsp3) is 0.333. The minimum Gasteiger partial charge on any atom is -0.297 e. The number of pyridine rings is 1. The van der Waals surface area contributed by atoms with Crippen molar-refractivity contribution in [2.24, 2.45) is 0 Å². The van der Waals surface area contributed by atoms with Gasteiger partial charge in [0.15, 0.2) is 0 Å². The van der Waals surface area contributed by atoms with Crippen LogP contribution in [0.3, 0.4) is 0 Å². The second-order valence-corrected chi connectivity index (χ2v) is 2.84. The Kier molecular flexibility index (Phi) is 1.78. The summed E-state index contributed by atoms with van der Waals surface area (Å²) in [4.78, 5) is 17.1. The predicted octanol–water partition coefficient (Wildman–Crippen LogP) is 1.21. The predicted molar refractivity (Wildman–Crippen MR) is 45.8 cm³/mol. The normalized spacial score (nSPS) is 17.0. The van der Waals surface area contributed by atoms with Gasteiger partial charge in [-0.25, -0.2) is 4.98 Å². The van der Waals surface area contributed by atoms with Crippen molar-refractivity contribution >= 4 is 11.7 Å². The highest BCUT2D eigenvalue weighted by atomic mass is 16.2. The molecule has 1 aromatic rings. The highest BCUT2D eigenvalue weighted by molar-refractivity contribution is 5.94. The van der Waals surface area contributed by atoms with Crippen LogP contribution in [0.5, 0.6) is 0 Å². The Morgan fingerprint density at radius 1 is 1.42 bits per heavy atom. The molecule has 0 aromatic carbocycles. The molecule has 0 radical (unpaired) electrons. The Morgan fingerprint density at radius 3 is 2.92 bits per heavy atom. The van der Waals surface area contributed by atoms with E-state index in [-0.39, 0.29) is 5.91 Å². The quantitative estimate of drug-likeness (QED) is 0.621. The van der Waals surface area contributed by atoms with E-state index in [1.54, 1.807) is 11.1 Å². The van der Waals surface area contributed by atoms with Crippen LogP contribution in [0, 0.1) is 0 Å². The van der Waals surface area contributed by atoms with Crippen molar-refractivity contribution in [3.63, 3.8) is 0 Å². The second-order valence-electron chi connectivity index (χ2n) is 2.84. The Hall–Kier alpha value is -1.38. The van der Waals surface area contributed by atoms with Crippen LogP contribution in [0.1, 0.15) is 12.8 Å². The van der Waals surface area contributed by atoms with Crippen LogP contribution in [-0.4, -0.2) is 17.4 Å². The first kappa shape index (κ1) is 7.28. The lowest BCUT2D eigenvalue weighted by atomic mass is 10.4. The van der Waals surface area contributed by atoms with Crippen LogP contribution in [0.2, 0.25) is 0 Å². The summed E-state index contributed by atoms with van der Waals surface area (Å²) in [6, 6.07) is 5.61. The standard InChI is InChI=1S/C9H10N2O/c12-9-5-3-7-11(9)8-4-1-2-6-10-8/h1-2,4,6H,3,5,7H2. The van der Waals surface area contributed by atoms with Crippen LogP contribution in [0.4, 0.5) is 5.82 Å². The molecule has 1 amide bonds. The molecule has 0 spiro atoms. The summed E-state index contributed by atoms with van der Waals surface area (Å²) in [5, 5.41) is 0. The van der Waals surface area contributed by atoms with E-state index in [0.717, 1.165) is 18.8 Å². The molecule has 62 valence electrons. The summed E-state index contributed by atoms with van der Waals surface area (Å²) < 4.78 is 0. The van der Waals surface area contributed by atoms with E-state index in [0.29, 0.717) is 6.42 Å². The molecule has 3 heteroatoms. The van der Waals surface area contributed by atoms with E-state index in [4.69, 9.17) is 0 Å². The number of amides is 1. The lowest BCUT2D eigenvalue weighted by Crippen LogP contribution is -2.24. The largest absolute Gasteiger partial charge is 0.297 e. The van der Waals surface area contributed by atoms with Crippen LogP contribution in [-0.2, 0) is 4.79 Å². The van der Waals surface area contributed by atoms with Gasteiger partial charge in [-0.1, -0.05) is 6.07 Å². The lowest BCUT2D eigenvalue weighted by Gasteiger charge is -2.13. The minimum absolute atomic E-state index is 0.189. The van der Waals surface area contributed by atoms with E-state index < -0.39 is 0 Å². The van der Waals surface area contributed by atoms with E-state index >= 15 is 0 Å². The molecule has 1 aliphatic rings. The number of rotatable bonds is 1. The number of anilines is 1. The van der Waals surface area contributed by atoms with Crippen LogP contribution in [0.15, 0.2) is 24.4 Å². The van der Waals surface area contributed by atoms with Crippen molar-refractivity contribution in [1.29, 1.82) is 0 Å². The van der Waals surface area contributed by atoms with E-state index in [9.17, 15) is 4.79 Å². The Balaban J connectivity index is 2.25. The maximum Gasteiger partial charge on any atom is 0.228 e. The van der Waals surface area contributed by atoms with Gasteiger partial charge in [0.05, 0.1) is 0 Å². The van der Waals surface area contributed by atoms with Crippen LogP contribution < -0.4 is 4.90 Å². The molecule has 2 rings (SSSR count).